The van der Waals surface area contributed by atoms with Crippen molar-refractivity contribution in [3.8, 4) is 5.75 Å². The van der Waals surface area contributed by atoms with E-state index in [1.165, 1.54) is 0 Å². The summed E-state index contributed by atoms with van der Waals surface area (Å²) >= 11 is 1.65. The molecule has 0 aliphatic rings. The molecule has 0 aromatic heterocycles. The van der Waals surface area contributed by atoms with E-state index in [-0.39, 0.29) is 5.91 Å². The molecule has 20 heavy (non-hydrogen) atoms. The highest BCUT2D eigenvalue weighted by Gasteiger charge is 2.04. The Balaban J connectivity index is 2.02. The van der Waals surface area contributed by atoms with Gasteiger partial charge in [0.2, 0.25) is 0 Å². The van der Waals surface area contributed by atoms with Crippen LogP contribution in [0.3, 0.4) is 0 Å². The zero-order valence-electron chi connectivity index (χ0n) is 11.1. The van der Waals surface area contributed by atoms with Gasteiger partial charge in [-0.25, -0.2) is 5.84 Å². The normalized spacial score (nSPS) is 10.1. The van der Waals surface area contributed by atoms with E-state index in [9.17, 15) is 4.79 Å². The van der Waals surface area contributed by atoms with E-state index in [0.29, 0.717) is 12.2 Å². The minimum atomic E-state index is -0.301. The molecule has 0 heterocycles. The third-order valence-corrected chi connectivity index (χ3v) is 3.59. The van der Waals surface area contributed by atoms with Crippen molar-refractivity contribution in [1.29, 1.82) is 0 Å². The lowest BCUT2D eigenvalue weighted by Crippen LogP contribution is -2.29. The number of nitrogens with two attached hydrogens (primary N) is 1. The molecule has 0 atom stereocenters. The Bertz CT molecular complexity index is 585. The summed E-state index contributed by atoms with van der Waals surface area (Å²) in [6, 6.07) is 15.1. The zero-order valence-corrected chi connectivity index (χ0v) is 11.9. The second-order valence-electron chi connectivity index (χ2n) is 4.11. The van der Waals surface area contributed by atoms with E-state index in [0.717, 1.165) is 16.2 Å². The van der Waals surface area contributed by atoms with Crippen LogP contribution in [0, 0.1) is 0 Å². The van der Waals surface area contributed by atoms with Crippen molar-refractivity contribution >= 4 is 17.7 Å². The maximum atomic E-state index is 11.3. The first kappa shape index (κ1) is 14.4. The van der Waals surface area contributed by atoms with Crippen molar-refractivity contribution in [2.45, 2.75) is 11.5 Å². The number of ether oxygens (including phenoxy) is 1. The van der Waals surface area contributed by atoms with Crippen molar-refractivity contribution < 1.29 is 9.53 Å². The molecule has 0 radical (unpaired) electrons. The summed E-state index contributed by atoms with van der Waals surface area (Å²) in [7, 11) is 0. The van der Waals surface area contributed by atoms with Gasteiger partial charge in [0.05, 0.1) is 0 Å². The minimum Gasteiger partial charge on any atom is -0.488 e. The summed E-state index contributed by atoms with van der Waals surface area (Å²) in [6.45, 7) is 0.460. The molecular weight excluding hydrogens is 272 g/mol. The molecule has 2 aromatic carbocycles. The molecule has 0 fully saturated rings. The van der Waals surface area contributed by atoms with Crippen LogP contribution in [0.1, 0.15) is 15.9 Å². The molecule has 0 saturated heterocycles. The molecule has 0 aliphatic heterocycles. The minimum absolute atomic E-state index is 0.301. The Morgan fingerprint density at radius 1 is 1.20 bits per heavy atom. The lowest BCUT2D eigenvalue weighted by molar-refractivity contribution is 0.0953. The fourth-order valence-corrected chi connectivity index (χ4v) is 2.28. The summed E-state index contributed by atoms with van der Waals surface area (Å²) < 4.78 is 5.79. The Labute approximate surface area is 122 Å². The van der Waals surface area contributed by atoms with Crippen molar-refractivity contribution in [3.63, 3.8) is 0 Å². The van der Waals surface area contributed by atoms with Crippen LogP contribution in [0.5, 0.6) is 5.75 Å². The first-order valence-corrected chi connectivity index (χ1v) is 7.32. The lowest BCUT2D eigenvalue weighted by Gasteiger charge is -2.10. The second-order valence-corrected chi connectivity index (χ2v) is 4.96. The predicted octanol–water partition coefficient (Wildman–Crippen LogP) is 2.59. The largest absolute Gasteiger partial charge is 0.488 e. The molecular formula is C15H16N2O2S. The fourth-order valence-electron chi connectivity index (χ4n) is 1.73. The average molecular weight is 288 g/mol. The molecule has 0 saturated carbocycles. The van der Waals surface area contributed by atoms with E-state index in [4.69, 9.17) is 10.6 Å². The van der Waals surface area contributed by atoms with Crippen molar-refractivity contribution in [2.24, 2.45) is 5.84 Å². The molecule has 0 bridgehead atoms. The van der Waals surface area contributed by atoms with E-state index >= 15 is 0 Å². The quantitative estimate of drug-likeness (QED) is 0.384. The summed E-state index contributed by atoms with van der Waals surface area (Å²) in [5.41, 5.74) is 3.62. The van der Waals surface area contributed by atoms with Crippen LogP contribution in [-0.2, 0) is 6.61 Å². The van der Waals surface area contributed by atoms with Crippen molar-refractivity contribution in [3.05, 3.63) is 59.7 Å². The molecule has 2 aromatic rings. The van der Waals surface area contributed by atoms with Gasteiger partial charge in [0.1, 0.15) is 12.4 Å². The number of nitrogen functional groups attached to an aromatic ring is 1. The third-order valence-electron chi connectivity index (χ3n) is 2.81. The highest BCUT2D eigenvalue weighted by Crippen LogP contribution is 2.27. The Morgan fingerprint density at radius 3 is 2.55 bits per heavy atom. The van der Waals surface area contributed by atoms with Gasteiger partial charge in [-0.2, -0.15) is 0 Å². The van der Waals surface area contributed by atoms with Crippen LogP contribution in [-0.4, -0.2) is 12.2 Å². The van der Waals surface area contributed by atoms with Gasteiger partial charge in [0.25, 0.3) is 5.91 Å². The topological polar surface area (TPSA) is 64.3 Å². The summed E-state index contributed by atoms with van der Waals surface area (Å²) in [4.78, 5) is 12.4. The monoisotopic (exact) mass is 288 g/mol. The van der Waals surface area contributed by atoms with E-state index in [2.05, 4.69) is 5.43 Å². The SMILES string of the molecule is CSc1ccccc1OCc1ccc(C(=O)NN)cc1. The molecule has 0 spiro atoms. The van der Waals surface area contributed by atoms with Crippen LogP contribution < -0.4 is 16.0 Å². The summed E-state index contributed by atoms with van der Waals surface area (Å²) in [5, 5.41) is 0. The number of hydrogen-bond acceptors (Lipinski definition) is 4. The number of hydrogen-bond donors (Lipinski definition) is 2. The number of amides is 1. The third kappa shape index (κ3) is 3.53. The number of hydrazine groups is 1. The second kappa shape index (κ2) is 6.98. The summed E-state index contributed by atoms with van der Waals surface area (Å²) in [5.74, 6) is 5.65. The number of benzene rings is 2. The average Bonchev–Trinajstić information content (AvgIpc) is 2.53. The first-order chi connectivity index (χ1) is 9.74. The molecule has 2 rings (SSSR count). The van der Waals surface area contributed by atoms with Gasteiger partial charge in [-0.3, -0.25) is 10.2 Å². The lowest BCUT2D eigenvalue weighted by atomic mass is 10.1. The van der Waals surface area contributed by atoms with Crippen molar-refractivity contribution in [1.82, 2.24) is 5.43 Å². The molecule has 104 valence electrons. The van der Waals surface area contributed by atoms with Gasteiger partial charge in [0, 0.05) is 10.5 Å². The van der Waals surface area contributed by atoms with Gasteiger partial charge < -0.3 is 4.74 Å². The van der Waals surface area contributed by atoms with Crippen LogP contribution >= 0.6 is 11.8 Å². The van der Waals surface area contributed by atoms with Gasteiger partial charge in [-0.1, -0.05) is 24.3 Å². The van der Waals surface area contributed by atoms with Gasteiger partial charge in [-0.15, -0.1) is 11.8 Å². The molecule has 4 nitrogen and oxygen atoms in total. The number of carbonyl (C=O) groups is 1. The maximum Gasteiger partial charge on any atom is 0.265 e. The van der Waals surface area contributed by atoms with Gasteiger partial charge in [0.15, 0.2) is 0 Å². The molecule has 5 heteroatoms. The molecule has 1 amide bonds. The zero-order chi connectivity index (χ0) is 14.4. The highest BCUT2D eigenvalue weighted by atomic mass is 32.2. The summed E-state index contributed by atoms with van der Waals surface area (Å²) in [6.07, 6.45) is 2.02. The van der Waals surface area contributed by atoms with Crippen LogP contribution in [0.25, 0.3) is 0 Å². The van der Waals surface area contributed by atoms with Gasteiger partial charge >= 0.3 is 0 Å². The molecule has 0 aliphatic carbocycles. The fraction of sp³-hybridized carbons (Fsp3) is 0.133. The first-order valence-electron chi connectivity index (χ1n) is 6.10. The van der Waals surface area contributed by atoms with Crippen LogP contribution in [0.4, 0.5) is 0 Å². The number of carbonyl (C=O) groups excluding carboxylic acids is 1. The Hall–Kier alpha value is -1.98. The van der Waals surface area contributed by atoms with E-state index in [1.54, 1.807) is 23.9 Å². The molecule has 3 N–H and O–H groups in total. The number of para-hydroxylation sites is 1. The highest BCUT2D eigenvalue weighted by molar-refractivity contribution is 7.98. The van der Waals surface area contributed by atoms with Crippen LogP contribution in [0.15, 0.2) is 53.4 Å². The maximum absolute atomic E-state index is 11.3. The Morgan fingerprint density at radius 2 is 1.90 bits per heavy atom. The van der Waals surface area contributed by atoms with Crippen LogP contribution in [0.2, 0.25) is 0 Å². The number of thioether (sulfide) groups is 1. The van der Waals surface area contributed by atoms with Gasteiger partial charge in [-0.05, 0) is 36.1 Å². The predicted molar refractivity (Wildman–Crippen MR) is 80.7 cm³/mol. The van der Waals surface area contributed by atoms with E-state index in [1.807, 2.05) is 42.7 Å². The number of rotatable bonds is 5. The Kier molecular flexibility index (Phi) is 5.03. The number of nitrogens with one attached hydrogen (secondary N) is 1. The standard InChI is InChI=1S/C15H16N2O2S/c1-20-14-5-3-2-4-13(14)19-10-11-6-8-12(9-7-11)15(18)17-16/h2-9H,10,16H2,1H3,(H,17,18). The smallest absolute Gasteiger partial charge is 0.265 e. The van der Waals surface area contributed by atoms with Crippen molar-refractivity contribution in [2.75, 3.05) is 6.26 Å². The van der Waals surface area contributed by atoms with E-state index < -0.39 is 0 Å². The molecule has 0 unspecified atom stereocenters.